The molecule has 0 fully saturated rings. The molecular weight excluding hydrogens is 216 g/mol. The van der Waals surface area contributed by atoms with Gasteiger partial charge in [0.1, 0.15) is 5.75 Å². The van der Waals surface area contributed by atoms with E-state index >= 15 is 0 Å². The van der Waals surface area contributed by atoms with Gasteiger partial charge in [0.15, 0.2) is 0 Å². The average molecular weight is 234 g/mol. The number of carbonyl (C=O) groups is 1. The molecule has 0 aromatic heterocycles. The van der Waals surface area contributed by atoms with Crippen LogP contribution >= 0.6 is 0 Å². The molecule has 0 aliphatic rings. The molecule has 0 aliphatic heterocycles. The van der Waals surface area contributed by atoms with E-state index in [4.69, 9.17) is 0 Å². The number of rotatable bonds is 5. The fraction of sp³-hybridized carbons (Fsp3) is 0.357. The summed E-state index contributed by atoms with van der Waals surface area (Å²) in [6, 6.07) is 6.96. The lowest BCUT2D eigenvalue weighted by molar-refractivity contribution is -0.140. The Balaban J connectivity index is 2.89. The molecule has 0 bridgehead atoms. The highest BCUT2D eigenvalue weighted by Crippen LogP contribution is 2.25. The standard InChI is InChI=1S/C14H18O3/c1-3-4-6-12(10-14(16)17-2)11-7-5-8-13(15)9-11/h4-9,12,15H,3,10H2,1-2H3/b6-4-/t12-/m1/s1. The Hall–Kier alpha value is -1.77. The molecule has 0 spiro atoms. The summed E-state index contributed by atoms with van der Waals surface area (Å²) in [4.78, 5) is 11.3. The van der Waals surface area contributed by atoms with E-state index in [-0.39, 0.29) is 24.1 Å². The number of benzene rings is 1. The van der Waals surface area contributed by atoms with Crippen molar-refractivity contribution < 1.29 is 14.6 Å². The zero-order chi connectivity index (χ0) is 12.7. The van der Waals surface area contributed by atoms with E-state index in [9.17, 15) is 9.90 Å². The third-order valence-corrected chi connectivity index (χ3v) is 2.52. The van der Waals surface area contributed by atoms with Gasteiger partial charge in [-0.3, -0.25) is 4.79 Å². The highest BCUT2D eigenvalue weighted by molar-refractivity contribution is 5.70. The van der Waals surface area contributed by atoms with E-state index in [1.807, 2.05) is 25.1 Å². The predicted octanol–water partition coefficient (Wildman–Crippen LogP) is 3.01. The summed E-state index contributed by atoms with van der Waals surface area (Å²) in [7, 11) is 1.38. The van der Waals surface area contributed by atoms with Gasteiger partial charge in [0.05, 0.1) is 13.5 Å². The highest BCUT2D eigenvalue weighted by Gasteiger charge is 2.13. The lowest BCUT2D eigenvalue weighted by Gasteiger charge is -2.12. The van der Waals surface area contributed by atoms with Crippen molar-refractivity contribution in [2.45, 2.75) is 25.7 Å². The molecule has 17 heavy (non-hydrogen) atoms. The van der Waals surface area contributed by atoms with E-state index in [1.54, 1.807) is 18.2 Å². The summed E-state index contributed by atoms with van der Waals surface area (Å²) in [6.07, 6.45) is 5.19. The third-order valence-electron chi connectivity index (χ3n) is 2.52. The van der Waals surface area contributed by atoms with Crippen molar-refractivity contribution in [3.8, 4) is 5.75 Å². The first-order valence-corrected chi connectivity index (χ1v) is 5.69. The molecular formula is C14H18O3. The van der Waals surface area contributed by atoms with Crippen LogP contribution < -0.4 is 0 Å². The molecule has 0 saturated carbocycles. The summed E-state index contributed by atoms with van der Waals surface area (Å²) in [6.45, 7) is 2.04. The highest BCUT2D eigenvalue weighted by atomic mass is 16.5. The molecule has 3 nitrogen and oxygen atoms in total. The van der Waals surface area contributed by atoms with E-state index in [0.29, 0.717) is 0 Å². The third kappa shape index (κ3) is 4.31. The monoisotopic (exact) mass is 234 g/mol. The van der Waals surface area contributed by atoms with E-state index in [2.05, 4.69) is 4.74 Å². The van der Waals surface area contributed by atoms with Crippen LogP contribution in [0.3, 0.4) is 0 Å². The Bertz CT molecular complexity index is 396. The van der Waals surface area contributed by atoms with Crippen LogP contribution in [0.25, 0.3) is 0 Å². The number of phenolic OH excluding ortho intramolecular Hbond substituents is 1. The zero-order valence-electron chi connectivity index (χ0n) is 10.2. The van der Waals surface area contributed by atoms with Gasteiger partial charge in [-0.2, -0.15) is 0 Å². The number of esters is 1. The van der Waals surface area contributed by atoms with Crippen molar-refractivity contribution in [2.75, 3.05) is 7.11 Å². The maximum atomic E-state index is 11.3. The molecule has 92 valence electrons. The number of carbonyl (C=O) groups excluding carboxylic acids is 1. The SMILES string of the molecule is CC/C=C\[C@H](CC(=O)OC)c1cccc(O)c1. The van der Waals surface area contributed by atoms with Gasteiger partial charge in [-0.1, -0.05) is 31.2 Å². The van der Waals surface area contributed by atoms with Gasteiger partial charge < -0.3 is 9.84 Å². The second kappa shape index (κ2) is 6.74. The second-order valence-electron chi connectivity index (χ2n) is 3.82. The Labute approximate surface area is 102 Å². The smallest absolute Gasteiger partial charge is 0.306 e. The fourth-order valence-electron chi connectivity index (χ4n) is 1.62. The van der Waals surface area contributed by atoms with Crippen molar-refractivity contribution in [1.82, 2.24) is 0 Å². The van der Waals surface area contributed by atoms with Crippen LogP contribution in [0.5, 0.6) is 5.75 Å². The molecule has 1 aromatic rings. The number of ether oxygens (including phenoxy) is 1. The van der Waals surface area contributed by atoms with Crippen LogP contribution in [0.2, 0.25) is 0 Å². The van der Waals surface area contributed by atoms with Crippen LogP contribution in [0.4, 0.5) is 0 Å². The normalized spacial score (nSPS) is 12.6. The van der Waals surface area contributed by atoms with E-state index in [1.165, 1.54) is 7.11 Å². The van der Waals surface area contributed by atoms with Gasteiger partial charge in [-0.25, -0.2) is 0 Å². The summed E-state index contributed by atoms with van der Waals surface area (Å²) in [5.41, 5.74) is 0.917. The molecule has 0 amide bonds. The Morgan fingerprint density at radius 2 is 2.29 bits per heavy atom. The lowest BCUT2D eigenvalue weighted by atomic mass is 9.95. The minimum Gasteiger partial charge on any atom is -0.508 e. The molecule has 1 rings (SSSR count). The van der Waals surface area contributed by atoms with Gasteiger partial charge >= 0.3 is 5.97 Å². The molecule has 0 unspecified atom stereocenters. The molecule has 0 heterocycles. The lowest BCUT2D eigenvalue weighted by Crippen LogP contribution is -2.06. The maximum Gasteiger partial charge on any atom is 0.306 e. The Morgan fingerprint density at radius 1 is 1.53 bits per heavy atom. The minimum atomic E-state index is -0.251. The van der Waals surface area contributed by atoms with Gasteiger partial charge in [0.2, 0.25) is 0 Å². The van der Waals surface area contributed by atoms with Crippen LogP contribution in [0.15, 0.2) is 36.4 Å². The molecule has 1 N–H and O–H groups in total. The summed E-state index contributed by atoms with van der Waals surface area (Å²) < 4.78 is 4.68. The molecule has 1 atom stereocenters. The van der Waals surface area contributed by atoms with Crippen molar-refractivity contribution in [2.24, 2.45) is 0 Å². The zero-order valence-corrected chi connectivity index (χ0v) is 10.2. The minimum absolute atomic E-state index is 0.0468. The van der Waals surface area contributed by atoms with E-state index < -0.39 is 0 Å². The van der Waals surface area contributed by atoms with Crippen molar-refractivity contribution in [3.63, 3.8) is 0 Å². The largest absolute Gasteiger partial charge is 0.508 e. The first-order valence-electron chi connectivity index (χ1n) is 5.69. The quantitative estimate of drug-likeness (QED) is 0.629. The maximum absolute atomic E-state index is 11.3. The molecule has 3 heteroatoms. The number of hydrogen-bond acceptors (Lipinski definition) is 3. The molecule has 0 saturated heterocycles. The fourth-order valence-corrected chi connectivity index (χ4v) is 1.62. The Kier molecular flexibility index (Phi) is 5.27. The summed E-state index contributed by atoms with van der Waals surface area (Å²) >= 11 is 0. The Morgan fingerprint density at radius 3 is 2.88 bits per heavy atom. The number of hydrogen-bond donors (Lipinski definition) is 1. The van der Waals surface area contributed by atoms with Gasteiger partial charge in [0.25, 0.3) is 0 Å². The van der Waals surface area contributed by atoms with Crippen LogP contribution in [0.1, 0.15) is 31.2 Å². The molecule has 1 aromatic carbocycles. The van der Waals surface area contributed by atoms with Crippen molar-refractivity contribution in [1.29, 1.82) is 0 Å². The average Bonchev–Trinajstić information content (AvgIpc) is 2.34. The van der Waals surface area contributed by atoms with Gasteiger partial charge in [-0.15, -0.1) is 0 Å². The van der Waals surface area contributed by atoms with Crippen LogP contribution in [-0.4, -0.2) is 18.2 Å². The number of allylic oxidation sites excluding steroid dienone is 2. The first-order chi connectivity index (χ1) is 8.17. The van der Waals surface area contributed by atoms with E-state index in [0.717, 1.165) is 12.0 Å². The first kappa shape index (κ1) is 13.3. The van der Waals surface area contributed by atoms with Crippen LogP contribution in [-0.2, 0) is 9.53 Å². The second-order valence-corrected chi connectivity index (χ2v) is 3.82. The topological polar surface area (TPSA) is 46.5 Å². The number of phenols is 1. The van der Waals surface area contributed by atoms with Gasteiger partial charge in [0, 0.05) is 5.92 Å². The van der Waals surface area contributed by atoms with Crippen molar-refractivity contribution >= 4 is 5.97 Å². The number of aromatic hydroxyl groups is 1. The molecule has 0 aliphatic carbocycles. The summed E-state index contributed by atoms with van der Waals surface area (Å²) in [5.74, 6) is -0.0872. The van der Waals surface area contributed by atoms with Crippen LogP contribution in [0, 0.1) is 0 Å². The number of methoxy groups -OCH3 is 1. The molecule has 0 radical (unpaired) electrons. The van der Waals surface area contributed by atoms with Gasteiger partial charge in [-0.05, 0) is 24.1 Å². The summed E-state index contributed by atoms with van der Waals surface area (Å²) in [5, 5.41) is 9.44. The van der Waals surface area contributed by atoms with Crippen molar-refractivity contribution in [3.05, 3.63) is 42.0 Å². The predicted molar refractivity (Wildman–Crippen MR) is 66.9 cm³/mol.